The molecule has 3 aliphatic rings. The number of nitrogens with zero attached hydrogens (tertiary/aromatic N) is 1. The van der Waals surface area contributed by atoms with E-state index in [9.17, 15) is 0 Å². The Hall–Kier alpha value is 0.0895. The quantitative estimate of drug-likeness (QED) is 0.426. The molecule has 0 aromatic carbocycles. The van der Waals surface area contributed by atoms with Gasteiger partial charge in [0.1, 0.15) is 0 Å². The second-order valence-corrected chi connectivity index (χ2v) is 10.3. The molecule has 2 fully saturated rings. The zero-order chi connectivity index (χ0) is 20.3. The Morgan fingerprint density at radius 3 is 1.48 bits per heavy atom. The molecule has 1 aliphatic heterocycles. The molecule has 165 valence electrons. The van der Waals surface area contributed by atoms with Gasteiger partial charge in [-0.05, 0) is 37.8 Å². The van der Waals surface area contributed by atoms with Crippen molar-refractivity contribution in [3.05, 3.63) is 29.6 Å². The van der Waals surface area contributed by atoms with Crippen molar-refractivity contribution in [2.75, 3.05) is 13.1 Å². The standard InChI is InChI=1S/C21H35N5.2ClH.Mn/c1-3-10-20-18(8-1)22-12-13-23-19-9-2-4-11-21(19)25-15-17-7-5-6-16(26-17)14-24-20;;;/h5-7,18-25H,1-4,8-15H2;2*1H;/q;;;+2/p-2/t18-,19?,20-,21-;;;/m0.../s1. The topological polar surface area (TPSA) is 61.0 Å². The van der Waals surface area contributed by atoms with Gasteiger partial charge < -0.3 is 21.3 Å². The molecule has 29 heavy (non-hydrogen) atoms. The average Bonchev–Trinajstić information content (AvgIpc) is 2.76. The third kappa shape index (κ3) is 7.93. The number of hydrogen-bond acceptors (Lipinski definition) is 5. The van der Waals surface area contributed by atoms with Crippen molar-refractivity contribution in [2.24, 2.45) is 0 Å². The summed E-state index contributed by atoms with van der Waals surface area (Å²) >= 11 is 0.00694. The Balaban J connectivity index is 0.000000755. The van der Waals surface area contributed by atoms with Crippen molar-refractivity contribution in [1.82, 2.24) is 26.3 Å². The first-order valence-corrected chi connectivity index (χ1v) is 14.3. The van der Waals surface area contributed by atoms with E-state index in [1.54, 1.807) is 0 Å². The van der Waals surface area contributed by atoms with E-state index in [1.807, 2.05) is 0 Å². The molecule has 2 aliphatic carbocycles. The zero-order valence-electron chi connectivity index (χ0n) is 17.1. The van der Waals surface area contributed by atoms with Crippen LogP contribution in [0.5, 0.6) is 0 Å². The van der Waals surface area contributed by atoms with Crippen molar-refractivity contribution in [1.29, 1.82) is 0 Å². The van der Waals surface area contributed by atoms with Gasteiger partial charge in [-0.3, -0.25) is 4.98 Å². The molecule has 4 rings (SSSR count). The molecule has 1 aromatic rings. The van der Waals surface area contributed by atoms with Crippen LogP contribution in [0.2, 0.25) is 0 Å². The Bertz CT molecular complexity index is 549. The van der Waals surface area contributed by atoms with Crippen molar-refractivity contribution in [3.8, 4) is 0 Å². The molecule has 5 nitrogen and oxygen atoms in total. The smallest absolute Gasteiger partial charge is 0.0545 e. The minimum atomic E-state index is 0.00694. The average molecular weight is 483 g/mol. The van der Waals surface area contributed by atoms with E-state index in [1.165, 1.54) is 62.8 Å². The van der Waals surface area contributed by atoms with Gasteiger partial charge in [0, 0.05) is 50.3 Å². The molecular weight excluding hydrogens is 448 g/mol. The van der Waals surface area contributed by atoms with Crippen LogP contribution in [0.15, 0.2) is 18.2 Å². The van der Waals surface area contributed by atoms with E-state index in [0.29, 0.717) is 24.2 Å². The van der Waals surface area contributed by atoms with Gasteiger partial charge in [0.25, 0.3) is 0 Å². The third-order valence-electron chi connectivity index (χ3n) is 6.43. The second kappa shape index (κ2) is 13.5. The van der Waals surface area contributed by atoms with E-state index >= 15 is 0 Å². The van der Waals surface area contributed by atoms with Crippen molar-refractivity contribution in [2.45, 2.75) is 88.6 Å². The number of fused-ring (bicyclic) bond motifs is 4. The fourth-order valence-corrected chi connectivity index (χ4v) is 4.95. The molecular formula is C21H35Cl2MnN5. The molecule has 0 saturated heterocycles. The Morgan fingerprint density at radius 2 is 1.07 bits per heavy atom. The van der Waals surface area contributed by atoms with Crippen LogP contribution in [-0.2, 0) is 26.2 Å². The van der Waals surface area contributed by atoms with E-state index < -0.39 is 0 Å². The predicted octanol–water partition coefficient (Wildman–Crippen LogP) is 3.45. The van der Waals surface area contributed by atoms with Crippen LogP contribution in [0, 0.1) is 0 Å². The van der Waals surface area contributed by atoms with Crippen LogP contribution in [0.3, 0.4) is 0 Å². The molecule has 8 heteroatoms. The van der Waals surface area contributed by atoms with Crippen LogP contribution in [0.1, 0.15) is 62.8 Å². The SMILES string of the molecule is [Cl][Mn][Cl].c1cc2nc(c1)CN[C@H]1CCCC[C@@H]1NCCNC1CCCC[C@@H]1NC2. The summed E-state index contributed by atoms with van der Waals surface area (Å²) in [7, 11) is 9.59. The van der Waals surface area contributed by atoms with Gasteiger partial charge in [0.05, 0.1) is 11.4 Å². The zero-order valence-corrected chi connectivity index (χ0v) is 19.8. The summed E-state index contributed by atoms with van der Waals surface area (Å²) in [5, 5.41) is 15.2. The molecule has 2 heterocycles. The maximum absolute atomic E-state index is 4.89. The van der Waals surface area contributed by atoms with Gasteiger partial charge in [0.15, 0.2) is 0 Å². The van der Waals surface area contributed by atoms with Gasteiger partial charge in [0.2, 0.25) is 0 Å². The van der Waals surface area contributed by atoms with E-state index in [0.717, 1.165) is 26.2 Å². The number of aromatic nitrogens is 1. The number of hydrogen-bond donors (Lipinski definition) is 4. The molecule has 2 bridgehead atoms. The van der Waals surface area contributed by atoms with Gasteiger partial charge in [-0.2, -0.15) is 0 Å². The minimum Gasteiger partial charge on any atom is -0.311 e. The van der Waals surface area contributed by atoms with Crippen molar-refractivity contribution in [3.63, 3.8) is 0 Å². The van der Waals surface area contributed by atoms with E-state index in [2.05, 4.69) is 39.5 Å². The molecule has 2 saturated carbocycles. The van der Waals surface area contributed by atoms with Gasteiger partial charge in [-0.1, -0.05) is 31.7 Å². The van der Waals surface area contributed by atoms with Gasteiger partial charge in [-0.15, -0.1) is 0 Å². The molecule has 0 amide bonds. The number of halogens is 2. The van der Waals surface area contributed by atoms with E-state index in [4.69, 9.17) is 25.2 Å². The predicted molar refractivity (Wildman–Crippen MR) is 118 cm³/mol. The number of nitrogens with one attached hydrogen (secondary N) is 4. The first-order chi connectivity index (χ1) is 14.3. The number of pyridine rings is 1. The summed E-state index contributed by atoms with van der Waals surface area (Å²) in [5.41, 5.74) is 2.34. The molecule has 4 N–H and O–H groups in total. The van der Waals surface area contributed by atoms with Gasteiger partial charge in [-0.25, -0.2) is 0 Å². The Labute approximate surface area is 190 Å². The monoisotopic (exact) mass is 482 g/mol. The summed E-state index contributed by atoms with van der Waals surface area (Å²) in [6, 6.07) is 8.81. The molecule has 1 unspecified atom stereocenters. The first kappa shape index (κ1) is 23.7. The fourth-order valence-electron chi connectivity index (χ4n) is 4.95. The summed E-state index contributed by atoms with van der Waals surface area (Å²) < 4.78 is 0. The van der Waals surface area contributed by atoms with E-state index in [-0.39, 0.29) is 13.1 Å². The molecule has 0 radical (unpaired) electrons. The van der Waals surface area contributed by atoms with Crippen molar-refractivity contribution < 1.29 is 13.1 Å². The van der Waals surface area contributed by atoms with Crippen LogP contribution < -0.4 is 21.3 Å². The molecule has 1 aromatic heterocycles. The maximum Gasteiger partial charge on any atom is 0.0545 e. The summed E-state index contributed by atoms with van der Waals surface area (Å²) in [4.78, 5) is 4.89. The summed E-state index contributed by atoms with van der Waals surface area (Å²) in [6.07, 6.45) is 10.5. The first-order valence-electron chi connectivity index (χ1n) is 11.1. The summed E-state index contributed by atoms with van der Waals surface area (Å²) in [6.45, 7) is 3.89. The van der Waals surface area contributed by atoms with Crippen LogP contribution in [0.25, 0.3) is 0 Å². The van der Waals surface area contributed by atoms with Crippen LogP contribution >= 0.6 is 20.2 Å². The van der Waals surface area contributed by atoms with Crippen LogP contribution in [-0.4, -0.2) is 42.2 Å². The fraction of sp³-hybridized carbons (Fsp3) is 0.762. The van der Waals surface area contributed by atoms with Gasteiger partial charge >= 0.3 is 33.3 Å². The van der Waals surface area contributed by atoms with Crippen LogP contribution in [0.4, 0.5) is 0 Å². The number of rotatable bonds is 0. The Morgan fingerprint density at radius 1 is 0.690 bits per heavy atom. The summed E-state index contributed by atoms with van der Waals surface area (Å²) in [5.74, 6) is 0. The molecule has 0 spiro atoms. The molecule has 4 atom stereocenters. The third-order valence-corrected chi connectivity index (χ3v) is 6.43. The maximum atomic E-state index is 4.89. The van der Waals surface area contributed by atoms with Crippen molar-refractivity contribution >= 4 is 20.2 Å². The second-order valence-electron chi connectivity index (χ2n) is 8.34. The Kier molecular flexibility index (Phi) is 11.0. The largest absolute Gasteiger partial charge is 0.311 e. The minimum absolute atomic E-state index is 0.00694. The normalized spacial score (nSPS) is 31.1.